The molecule has 0 radical (unpaired) electrons. The summed E-state index contributed by atoms with van der Waals surface area (Å²) in [7, 11) is -3.98. The second-order valence-corrected chi connectivity index (χ2v) is 7.87. The van der Waals surface area contributed by atoms with E-state index < -0.39 is 27.8 Å². The van der Waals surface area contributed by atoms with E-state index in [2.05, 4.69) is 10.0 Å². The number of nitrogens with one attached hydrogen (secondary N) is 2. The van der Waals surface area contributed by atoms with Crippen LogP contribution in [0.5, 0.6) is 0 Å². The Bertz CT molecular complexity index is 842. The maximum atomic E-state index is 13.1. The lowest BCUT2D eigenvalue weighted by atomic mass is 10.1. The van der Waals surface area contributed by atoms with Crippen LogP contribution in [0.15, 0.2) is 59.5 Å². The van der Waals surface area contributed by atoms with Gasteiger partial charge in [0, 0.05) is 19.8 Å². The Labute approximate surface area is 165 Å². The maximum absolute atomic E-state index is 13.1. The van der Waals surface area contributed by atoms with Gasteiger partial charge in [0.05, 0.1) is 4.90 Å². The van der Waals surface area contributed by atoms with E-state index in [1.807, 2.05) is 37.3 Å². The Balaban J connectivity index is 2.10. The van der Waals surface area contributed by atoms with Gasteiger partial charge in [0.1, 0.15) is 11.9 Å². The van der Waals surface area contributed by atoms with Crippen molar-refractivity contribution in [1.82, 2.24) is 10.0 Å². The van der Waals surface area contributed by atoms with E-state index >= 15 is 0 Å². The highest BCUT2D eigenvalue weighted by atomic mass is 32.2. The molecule has 0 aliphatic carbocycles. The topological polar surface area (TPSA) is 84.5 Å². The second kappa shape index (κ2) is 10.9. The molecule has 2 aromatic rings. The molecular weight excluding hydrogens is 383 g/mol. The number of hydrogen-bond donors (Lipinski definition) is 2. The average Bonchev–Trinajstić information content (AvgIpc) is 2.68. The third kappa shape index (κ3) is 7.03. The fourth-order valence-electron chi connectivity index (χ4n) is 2.56. The van der Waals surface area contributed by atoms with Crippen molar-refractivity contribution in [3.8, 4) is 0 Å². The third-order valence-corrected chi connectivity index (χ3v) is 5.48. The van der Waals surface area contributed by atoms with E-state index in [1.165, 1.54) is 0 Å². The van der Waals surface area contributed by atoms with Crippen molar-refractivity contribution in [2.24, 2.45) is 0 Å². The number of sulfonamides is 1. The maximum Gasteiger partial charge on any atom is 0.241 e. The fourth-order valence-corrected chi connectivity index (χ4v) is 3.76. The molecule has 1 amide bonds. The first-order valence-corrected chi connectivity index (χ1v) is 10.6. The van der Waals surface area contributed by atoms with Crippen LogP contribution in [0.4, 0.5) is 4.39 Å². The molecule has 0 aromatic heterocycles. The summed E-state index contributed by atoms with van der Waals surface area (Å²) < 4.78 is 46.0. The van der Waals surface area contributed by atoms with Gasteiger partial charge in [0.15, 0.2) is 0 Å². The van der Waals surface area contributed by atoms with Crippen molar-refractivity contribution < 1.29 is 22.3 Å². The molecule has 0 unspecified atom stereocenters. The first-order valence-electron chi connectivity index (χ1n) is 9.09. The van der Waals surface area contributed by atoms with Gasteiger partial charge in [-0.05, 0) is 49.6 Å². The molecule has 8 heteroatoms. The van der Waals surface area contributed by atoms with Crippen molar-refractivity contribution in [2.45, 2.75) is 30.7 Å². The number of hydrogen-bond acceptors (Lipinski definition) is 4. The van der Waals surface area contributed by atoms with Crippen LogP contribution < -0.4 is 10.0 Å². The van der Waals surface area contributed by atoms with Gasteiger partial charge in [-0.3, -0.25) is 4.79 Å². The predicted octanol–water partition coefficient (Wildman–Crippen LogP) is 2.26. The van der Waals surface area contributed by atoms with Crippen molar-refractivity contribution in [1.29, 1.82) is 0 Å². The number of benzene rings is 2. The average molecular weight is 408 g/mol. The standard InChI is InChI=1S/C20H25FN2O4S/c1-2-27-14-6-13-22-20(24)19(15-16-7-4-3-5-8-16)23-28(25,26)18-11-9-17(21)10-12-18/h3-5,7-12,19,23H,2,6,13-15H2,1H3,(H,22,24)/t19-/m1/s1. The van der Waals surface area contributed by atoms with E-state index in [4.69, 9.17) is 4.74 Å². The van der Waals surface area contributed by atoms with Crippen LogP contribution in [-0.4, -0.2) is 40.1 Å². The van der Waals surface area contributed by atoms with E-state index in [1.54, 1.807) is 0 Å². The van der Waals surface area contributed by atoms with Crippen LogP contribution in [0.3, 0.4) is 0 Å². The normalized spacial score (nSPS) is 12.5. The summed E-state index contributed by atoms with van der Waals surface area (Å²) in [6.45, 7) is 3.38. The van der Waals surface area contributed by atoms with E-state index in [-0.39, 0.29) is 11.3 Å². The van der Waals surface area contributed by atoms with Crippen LogP contribution in [-0.2, 0) is 26.0 Å². The van der Waals surface area contributed by atoms with Crippen molar-refractivity contribution in [2.75, 3.05) is 19.8 Å². The molecule has 1 atom stereocenters. The minimum Gasteiger partial charge on any atom is -0.382 e. The highest BCUT2D eigenvalue weighted by Crippen LogP contribution is 2.12. The van der Waals surface area contributed by atoms with Gasteiger partial charge in [0.25, 0.3) is 0 Å². The van der Waals surface area contributed by atoms with Crippen molar-refractivity contribution >= 4 is 15.9 Å². The zero-order chi connectivity index (χ0) is 20.4. The lowest BCUT2D eigenvalue weighted by molar-refractivity contribution is -0.122. The summed E-state index contributed by atoms with van der Waals surface area (Å²) in [5.41, 5.74) is 0.818. The monoisotopic (exact) mass is 408 g/mol. The van der Waals surface area contributed by atoms with Gasteiger partial charge in [-0.2, -0.15) is 4.72 Å². The Morgan fingerprint density at radius 2 is 1.79 bits per heavy atom. The largest absolute Gasteiger partial charge is 0.382 e. The molecule has 2 aromatic carbocycles. The van der Waals surface area contributed by atoms with Crippen LogP contribution >= 0.6 is 0 Å². The molecule has 0 aliphatic heterocycles. The Kier molecular flexibility index (Phi) is 8.56. The van der Waals surface area contributed by atoms with Crippen molar-refractivity contribution in [3.63, 3.8) is 0 Å². The van der Waals surface area contributed by atoms with Gasteiger partial charge in [-0.15, -0.1) is 0 Å². The molecule has 0 heterocycles. The van der Waals surface area contributed by atoms with E-state index in [0.717, 1.165) is 29.8 Å². The van der Waals surface area contributed by atoms with Gasteiger partial charge in [-0.25, -0.2) is 12.8 Å². The molecule has 28 heavy (non-hydrogen) atoms. The number of halogens is 1. The third-order valence-electron chi connectivity index (χ3n) is 3.99. The quantitative estimate of drug-likeness (QED) is 0.559. The van der Waals surface area contributed by atoms with E-state index in [9.17, 15) is 17.6 Å². The lowest BCUT2D eigenvalue weighted by Crippen LogP contribution is -2.48. The SMILES string of the molecule is CCOCCCNC(=O)[C@@H](Cc1ccccc1)NS(=O)(=O)c1ccc(F)cc1. The zero-order valence-electron chi connectivity index (χ0n) is 15.7. The summed E-state index contributed by atoms with van der Waals surface area (Å²) in [4.78, 5) is 12.5. The molecule has 0 bridgehead atoms. The number of carbonyl (C=O) groups is 1. The Morgan fingerprint density at radius 1 is 1.11 bits per heavy atom. The molecule has 6 nitrogen and oxygen atoms in total. The lowest BCUT2D eigenvalue weighted by Gasteiger charge is -2.19. The molecule has 152 valence electrons. The van der Waals surface area contributed by atoms with Crippen LogP contribution in [0.1, 0.15) is 18.9 Å². The minimum absolute atomic E-state index is 0.101. The first kappa shape index (κ1) is 22.0. The molecule has 0 saturated heterocycles. The molecule has 0 fully saturated rings. The van der Waals surface area contributed by atoms with Gasteiger partial charge >= 0.3 is 0 Å². The van der Waals surface area contributed by atoms with Gasteiger partial charge in [0.2, 0.25) is 15.9 Å². The van der Waals surface area contributed by atoms with E-state index in [0.29, 0.717) is 26.2 Å². The molecule has 2 rings (SSSR count). The second-order valence-electron chi connectivity index (χ2n) is 6.16. The first-order chi connectivity index (χ1) is 13.4. The highest BCUT2D eigenvalue weighted by molar-refractivity contribution is 7.89. The minimum atomic E-state index is -3.98. The molecule has 0 spiro atoms. The number of amides is 1. The highest BCUT2D eigenvalue weighted by Gasteiger charge is 2.26. The van der Waals surface area contributed by atoms with Crippen LogP contribution in [0, 0.1) is 5.82 Å². The predicted molar refractivity (Wildman–Crippen MR) is 105 cm³/mol. The van der Waals surface area contributed by atoms with Crippen LogP contribution in [0.25, 0.3) is 0 Å². The smallest absolute Gasteiger partial charge is 0.241 e. The zero-order valence-corrected chi connectivity index (χ0v) is 16.5. The molecule has 2 N–H and O–H groups in total. The number of ether oxygens (including phenoxy) is 1. The van der Waals surface area contributed by atoms with Crippen molar-refractivity contribution in [3.05, 3.63) is 66.0 Å². The fraction of sp³-hybridized carbons (Fsp3) is 0.350. The molecular formula is C20H25FN2O4S. The number of carbonyl (C=O) groups excluding carboxylic acids is 1. The summed E-state index contributed by atoms with van der Waals surface area (Å²) in [6.07, 6.45) is 0.820. The Hall–Kier alpha value is -2.29. The molecule has 0 aliphatic rings. The van der Waals surface area contributed by atoms with Gasteiger partial charge in [-0.1, -0.05) is 30.3 Å². The summed E-state index contributed by atoms with van der Waals surface area (Å²) in [5, 5.41) is 2.74. The number of rotatable bonds is 11. The van der Waals surface area contributed by atoms with Gasteiger partial charge < -0.3 is 10.1 Å². The summed E-state index contributed by atoms with van der Waals surface area (Å²) in [5.74, 6) is -0.960. The molecule has 0 saturated carbocycles. The van der Waals surface area contributed by atoms with Crippen LogP contribution in [0.2, 0.25) is 0 Å². The Morgan fingerprint density at radius 3 is 2.43 bits per heavy atom. The summed E-state index contributed by atoms with van der Waals surface area (Å²) in [6, 6.07) is 12.6. The summed E-state index contributed by atoms with van der Waals surface area (Å²) >= 11 is 0.